The number of carbonyl (C=O) groups is 1. The predicted octanol–water partition coefficient (Wildman–Crippen LogP) is 5.42. The summed E-state index contributed by atoms with van der Waals surface area (Å²) >= 11 is 5.04. The molecule has 2 aromatic heterocycles. The van der Waals surface area contributed by atoms with E-state index in [1.54, 1.807) is 48.3 Å². The number of hydrogen-bond donors (Lipinski definition) is 0. The molecule has 1 atom stereocenters. The average Bonchev–Trinajstić information content (AvgIpc) is 3.07. The first kappa shape index (κ1) is 19.1. The van der Waals surface area contributed by atoms with Gasteiger partial charge in [0.15, 0.2) is 5.43 Å². The molecule has 0 bridgehead atoms. The number of thioether (sulfide) groups is 1. The predicted molar refractivity (Wildman–Crippen MR) is 121 cm³/mol. The van der Waals surface area contributed by atoms with Gasteiger partial charge < -0.3 is 4.42 Å². The maximum atomic E-state index is 13.5. The van der Waals surface area contributed by atoms with Gasteiger partial charge in [0.2, 0.25) is 5.76 Å². The van der Waals surface area contributed by atoms with Gasteiger partial charge in [-0.05, 0) is 54.3 Å². The van der Waals surface area contributed by atoms with Gasteiger partial charge in [-0.25, -0.2) is 4.98 Å². The lowest BCUT2D eigenvalue weighted by atomic mass is 9.98. The van der Waals surface area contributed by atoms with E-state index in [1.807, 2.05) is 36.6 Å². The van der Waals surface area contributed by atoms with E-state index in [0.29, 0.717) is 22.4 Å². The number of amides is 1. The highest BCUT2D eigenvalue weighted by molar-refractivity contribution is 9.10. The van der Waals surface area contributed by atoms with Gasteiger partial charge in [0.1, 0.15) is 11.4 Å². The van der Waals surface area contributed by atoms with Crippen LogP contribution in [0.2, 0.25) is 0 Å². The Labute approximate surface area is 184 Å². The van der Waals surface area contributed by atoms with Crippen LogP contribution in [0.15, 0.2) is 85.4 Å². The fraction of sp³-hybridized carbons (Fsp3) is 0.0870. The lowest BCUT2D eigenvalue weighted by Crippen LogP contribution is -2.30. The highest BCUT2D eigenvalue weighted by Gasteiger charge is 2.44. The Morgan fingerprint density at radius 3 is 2.57 bits per heavy atom. The first-order valence-corrected chi connectivity index (χ1v) is 11.2. The zero-order chi connectivity index (χ0) is 20.8. The van der Waals surface area contributed by atoms with Crippen LogP contribution in [0.4, 0.5) is 5.82 Å². The number of pyridine rings is 1. The van der Waals surface area contributed by atoms with E-state index >= 15 is 0 Å². The molecule has 5 rings (SSSR count). The fourth-order valence-corrected chi connectivity index (χ4v) is 4.55. The smallest absolute Gasteiger partial charge is 0.296 e. The summed E-state index contributed by atoms with van der Waals surface area (Å²) in [6.45, 7) is 0. The third-order valence-corrected chi connectivity index (χ3v) is 6.40. The monoisotopic (exact) mass is 478 g/mol. The molecular weight excluding hydrogens is 464 g/mol. The number of fused-ring (bicyclic) bond motifs is 2. The van der Waals surface area contributed by atoms with Crippen LogP contribution in [0.1, 0.15) is 27.7 Å². The molecule has 7 heteroatoms. The Hall–Kier alpha value is -2.90. The molecule has 0 saturated heterocycles. The fourth-order valence-electron chi connectivity index (χ4n) is 3.78. The van der Waals surface area contributed by atoms with E-state index in [0.717, 1.165) is 14.9 Å². The summed E-state index contributed by atoms with van der Waals surface area (Å²) in [5.74, 6) is 0.168. The summed E-state index contributed by atoms with van der Waals surface area (Å²) in [6, 6.07) is 17.8. The summed E-state index contributed by atoms with van der Waals surface area (Å²) in [7, 11) is 0. The van der Waals surface area contributed by atoms with Crippen LogP contribution in [0.3, 0.4) is 0 Å². The zero-order valence-electron chi connectivity index (χ0n) is 15.8. The molecule has 4 aromatic rings. The minimum Gasteiger partial charge on any atom is -0.450 e. The first-order valence-electron chi connectivity index (χ1n) is 9.23. The minimum absolute atomic E-state index is 0.0689. The Balaban J connectivity index is 1.80. The summed E-state index contributed by atoms with van der Waals surface area (Å²) in [5, 5.41) is 0.435. The number of benzene rings is 2. The number of aromatic nitrogens is 1. The Morgan fingerprint density at radius 2 is 1.87 bits per heavy atom. The SMILES string of the molecule is CSc1ccc(C2c3c(oc4ccc(Br)cc4c3=O)C(=O)N2c2ccccn2)cc1. The molecule has 3 heterocycles. The first-order chi connectivity index (χ1) is 14.6. The van der Waals surface area contributed by atoms with Gasteiger partial charge >= 0.3 is 0 Å². The zero-order valence-corrected chi connectivity index (χ0v) is 18.2. The number of rotatable bonds is 3. The van der Waals surface area contributed by atoms with Gasteiger partial charge in [-0.15, -0.1) is 11.8 Å². The third-order valence-electron chi connectivity index (χ3n) is 5.16. The lowest BCUT2D eigenvalue weighted by Gasteiger charge is -2.24. The molecule has 1 aliphatic heterocycles. The minimum atomic E-state index is -0.613. The standard InChI is InChI=1S/C23H15BrN2O3S/c1-30-15-8-5-13(6-9-15)20-19-21(27)16-12-14(24)7-10-17(16)29-22(19)23(28)26(20)18-4-2-3-11-25-18/h2-12,20H,1H3. The molecule has 0 radical (unpaired) electrons. The number of halogens is 1. The molecule has 0 spiro atoms. The van der Waals surface area contributed by atoms with Crippen molar-refractivity contribution in [3.63, 3.8) is 0 Å². The summed E-state index contributed by atoms with van der Waals surface area (Å²) in [4.78, 5) is 33.9. The second-order valence-corrected chi connectivity index (χ2v) is 8.65. The molecule has 5 nitrogen and oxygen atoms in total. The van der Waals surface area contributed by atoms with Gasteiger partial charge in [0.05, 0.1) is 17.0 Å². The lowest BCUT2D eigenvalue weighted by molar-refractivity contribution is 0.0970. The van der Waals surface area contributed by atoms with E-state index in [-0.39, 0.29) is 17.1 Å². The topological polar surface area (TPSA) is 63.4 Å². The maximum Gasteiger partial charge on any atom is 0.296 e. The molecule has 148 valence electrons. The van der Waals surface area contributed by atoms with Gasteiger partial charge in [0, 0.05) is 15.6 Å². The van der Waals surface area contributed by atoms with Gasteiger partial charge in [-0.1, -0.05) is 34.1 Å². The molecule has 0 N–H and O–H groups in total. The molecule has 1 amide bonds. The van der Waals surface area contributed by atoms with Gasteiger partial charge in [0.25, 0.3) is 5.91 Å². The highest BCUT2D eigenvalue weighted by Crippen LogP contribution is 2.40. The largest absolute Gasteiger partial charge is 0.450 e. The van der Waals surface area contributed by atoms with Gasteiger partial charge in [-0.2, -0.15) is 0 Å². The van der Waals surface area contributed by atoms with Crippen LogP contribution < -0.4 is 10.3 Å². The van der Waals surface area contributed by atoms with E-state index in [1.165, 1.54) is 4.90 Å². The molecule has 1 unspecified atom stereocenters. The van der Waals surface area contributed by atoms with Crippen LogP contribution in [0.5, 0.6) is 0 Å². The third kappa shape index (κ3) is 2.97. The summed E-state index contributed by atoms with van der Waals surface area (Å²) in [6.07, 6.45) is 3.63. The van der Waals surface area contributed by atoms with Crippen LogP contribution in [-0.4, -0.2) is 17.1 Å². The molecule has 1 aliphatic rings. The van der Waals surface area contributed by atoms with Gasteiger partial charge in [-0.3, -0.25) is 14.5 Å². The van der Waals surface area contributed by atoms with Crippen molar-refractivity contribution in [3.8, 4) is 0 Å². The maximum absolute atomic E-state index is 13.5. The van der Waals surface area contributed by atoms with Crippen LogP contribution in [0, 0.1) is 0 Å². The number of hydrogen-bond acceptors (Lipinski definition) is 5. The quantitative estimate of drug-likeness (QED) is 0.367. The van der Waals surface area contributed by atoms with Crippen LogP contribution >= 0.6 is 27.7 Å². The van der Waals surface area contributed by atoms with E-state index in [9.17, 15) is 9.59 Å². The Morgan fingerprint density at radius 1 is 1.07 bits per heavy atom. The molecule has 0 fully saturated rings. The molecule has 30 heavy (non-hydrogen) atoms. The second kappa shape index (κ2) is 7.41. The summed E-state index contributed by atoms with van der Waals surface area (Å²) < 4.78 is 6.73. The van der Waals surface area contributed by atoms with Crippen molar-refractivity contribution in [3.05, 3.63) is 98.4 Å². The second-order valence-electron chi connectivity index (χ2n) is 6.85. The normalized spacial score (nSPS) is 15.6. The molecule has 0 saturated carbocycles. The number of carbonyl (C=O) groups excluding carboxylic acids is 1. The van der Waals surface area contributed by atoms with Crippen LogP contribution in [0.25, 0.3) is 11.0 Å². The Bertz CT molecular complexity index is 1340. The highest BCUT2D eigenvalue weighted by atomic mass is 79.9. The van der Waals surface area contributed by atoms with E-state index in [2.05, 4.69) is 20.9 Å². The molecular formula is C23H15BrN2O3S. The van der Waals surface area contributed by atoms with E-state index in [4.69, 9.17) is 4.42 Å². The summed E-state index contributed by atoms with van der Waals surface area (Å²) in [5.41, 5.74) is 1.34. The molecule has 0 aliphatic carbocycles. The number of nitrogens with zero attached hydrogens (tertiary/aromatic N) is 2. The van der Waals surface area contributed by atoms with Crippen molar-refractivity contribution in [2.24, 2.45) is 0 Å². The molecule has 2 aromatic carbocycles. The van der Waals surface area contributed by atoms with E-state index < -0.39 is 6.04 Å². The number of anilines is 1. The van der Waals surface area contributed by atoms with Crippen molar-refractivity contribution in [2.45, 2.75) is 10.9 Å². The average molecular weight is 479 g/mol. The van der Waals surface area contributed by atoms with Crippen molar-refractivity contribution in [2.75, 3.05) is 11.2 Å². The Kier molecular flexibility index (Phi) is 4.72. The van der Waals surface area contributed by atoms with Crippen molar-refractivity contribution >= 4 is 50.4 Å². The van der Waals surface area contributed by atoms with Crippen molar-refractivity contribution in [1.82, 2.24) is 4.98 Å². The van der Waals surface area contributed by atoms with Crippen molar-refractivity contribution in [1.29, 1.82) is 0 Å². The van der Waals surface area contributed by atoms with Crippen molar-refractivity contribution < 1.29 is 9.21 Å². The van der Waals surface area contributed by atoms with Crippen LogP contribution in [-0.2, 0) is 0 Å².